The molecule has 6 N–H and O–H groups in total. The van der Waals surface area contributed by atoms with Gasteiger partial charge in [-0.05, 0) is 18.8 Å². The van der Waals surface area contributed by atoms with Gasteiger partial charge in [0, 0.05) is 38.8 Å². The van der Waals surface area contributed by atoms with Gasteiger partial charge >= 0.3 is 0 Å². The molecule has 1 saturated carbocycles. The molecule has 0 atom stereocenters. The van der Waals surface area contributed by atoms with E-state index in [0.29, 0.717) is 23.6 Å². The van der Waals surface area contributed by atoms with Gasteiger partial charge in [-0.15, -0.1) is 0 Å². The van der Waals surface area contributed by atoms with Crippen LogP contribution in [-0.2, 0) is 0 Å². The van der Waals surface area contributed by atoms with Crippen molar-refractivity contribution in [2.75, 3.05) is 64.6 Å². The zero-order chi connectivity index (χ0) is 24.6. The van der Waals surface area contributed by atoms with Gasteiger partial charge in [-0.3, -0.25) is 0 Å². The van der Waals surface area contributed by atoms with Crippen LogP contribution in [0.25, 0.3) is 0 Å². The summed E-state index contributed by atoms with van der Waals surface area (Å²) in [5, 5.41) is 37.4. The second kappa shape index (κ2) is 11.4. The highest BCUT2D eigenvalue weighted by molar-refractivity contribution is 5.79. The molecule has 184 valence electrons. The molecule has 12 heteroatoms. The van der Waals surface area contributed by atoms with E-state index in [1.807, 2.05) is 12.1 Å². The number of hydrogen-bond donors (Lipinski definition) is 6. The maximum atomic E-state index is 8.97. The molecule has 0 spiro atoms. The van der Waals surface area contributed by atoms with Crippen LogP contribution in [0.5, 0.6) is 0 Å². The largest absolute Gasteiger partial charge is 0.377 e. The van der Waals surface area contributed by atoms with Crippen LogP contribution < -0.4 is 31.9 Å². The monoisotopic (exact) mass is 476 g/mol. The van der Waals surface area contributed by atoms with Gasteiger partial charge in [0.05, 0.1) is 0 Å². The minimum Gasteiger partial charge on any atom is -0.377 e. The van der Waals surface area contributed by atoms with Crippen LogP contribution >= 0.6 is 0 Å². The summed E-state index contributed by atoms with van der Waals surface area (Å²) in [5.41, 5.74) is 1.75. The van der Waals surface area contributed by atoms with Crippen LogP contribution in [0, 0.1) is 28.6 Å². The maximum absolute atomic E-state index is 8.97. The summed E-state index contributed by atoms with van der Waals surface area (Å²) in [6.07, 6.45) is 4.88. The molecule has 0 saturated heterocycles. The van der Waals surface area contributed by atoms with Crippen LogP contribution in [0.15, 0.2) is 0 Å². The first-order chi connectivity index (χ1) is 17.1. The third-order valence-corrected chi connectivity index (χ3v) is 5.83. The maximum Gasteiger partial charge on any atom is 0.236 e. The van der Waals surface area contributed by atoms with Crippen LogP contribution in [-0.4, -0.2) is 58.7 Å². The molecule has 5 rings (SSSR count). The van der Waals surface area contributed by atoms with Crippen LogP contribution in [0.2, 0.25) is 0 Å². The number of anilines is 6. The number of rotatable bonds is 5. The fraction of sp³-hybridized carbons (Fsp3) is 0.565. The van der Waals surface area contributed by atoms with Gasteiger partial charge in [0.2, 0.25) is 11.6 Å². The number of aromatic nitrogens is 4. The number of hydrogen-bond acceptors (Lipinski definition) is 12. The molecule has 1 fully saturated rings. The van der Waals surface area contributed by atoms with E-state index >= 15 is 0 Å². The second-order valence-electron chi connectivity index (χ2n) is 9.07. The molecule has 4 heterocycles. The lowest BCUT2D eigenvalue weighted by atomic mass is 10.2. The predicted molar refractivity (Wildman–Crippen MR) is 137 cm³/mol. The minimum atomic E-state index is 0.186. The Kier molecular flexibility index (Phi) is 7.83. The predicted octanol–water partition coefficient (Wildman–Crippen LogP) is 2.79. The van der Waals surface area contributed by atoms with Crippen molar-refractivity contribution in [1.82, 2.24) is 19.9 Å². The van der Waals surface area contributed by atoms with Gasteiger partial charge in [-0.2, -0.15) is 30.5 Å². The lowest BCUT2D eigenvalue weighted by Crippen LogP contribution is -2.25. The van der Waals surface area contributed by atoms with E-state index in [-0.39, 0.29) is 11.6 Å². The normalized spacial score (nSPS) is 15.9. The van der Waals surface area contributed by atoms with Crippen molar-refractivity contribution < 1.29 is 0 Å². The topological polar surface area (TPSA) is 171 Å². The summed E-state index contributed by atoms with van der Waals surface area (Å²) in [7, 11) is 0. The molecular weight excluding hydrogens is 444 g/mol. The molecule has 0 amide bonds. The Morgan fingerprint density at radius 1 is 0.800 bits per heavy atom. The summed E-state index contributed by atoms with van der Waals surface area (Å²) in [6.45, 7) is 8.36. The first-order valence-corrected chi connectivity index (χ1v) is 12.2. The molecule has 12 nitrogen and oxygen atoms in total. The van der Waals surface area contributed by atoms with E-state index in [0.717, 1.165) is 55.7 Å². The third-order valence-electron chi connectivity index (χ3n) is 5.83. The fourth-order valence-electron chi connectivity index (χ4n) is 4.15. The Balaban J connectivity index is 0.000000165. The zero-order valence-corrected chi connectivity index (χ0v) is 20.2. The Hall–Kier alpha value is -4.06. The van der Waals surface area contributed by atoms with Gasteiger partial charge in [0.15, 0.2) is 23.3 Å². The van der Waals surface area contributed by atoms with E-state index in [4.69, 9.17) is 10.5 Å². The number of nitrogens with one attached hydrogen (secondary N) is 6. The van der Waals surface area contributed by atoms with Gasteiger partial charge in [-0.1, -0.05) is 26.7 Å². The fourth-order valence-corrected chi connectivity index (χ4v) is 4.15. The molecule has 2 aliphatic heterocycles. The van der Waals surface area contributed by atoms with E-state index < -0.39 is 0 Å². The molecule has 2 aromatic rings. The third kappa shape index (κ3) is 6.09. The van der Waals surface area contributed by atoms with Gasteiger partial charge in [-0.25, -0.2) is 0 Å². The highest BCUT2D eigenvalue weighted by Crippen LogP contribution is 2.32. The lowest BCUT2D eigenvalue weighted by Gasteiger charge is -2.23. The molecule has 0 aromatic carbocycles. The van der Waals surface area contributed by atoms with Gasteiger partial charge < -0.3 is 31.9 Å². The molecule has 0 unspecified atom stereocenters. The molecule has 2 aromatic heterocycles. The number of nitrogens with zero attached hydrogens (tertiary/aromatic N) is 6. The number of fused-ring (bicyclic) bond motifs is 2. The van der Waals surface area contributed by atoms with Crippen LogP contribution in [0.1, 0.15) is 51.2 Å². The number of nitriles is 2. The standard InChI is InChI=1S/C12H16N6.C11H16N6/c13-7-9-17-11-10(14-5-6-15-11)12(18-9)16-8-3-1-2-4-8;1-7(2)6-15-11-9-10(14-4-3-13-9)16-8(5-12)17-11/h8,14H,1-6H2,(H2,15,16,17,18);7,13H,3-4,6H2,1-2H3,(H2,14,15,16,17). The SMILES string of the molecule is CC(C)CNc1nc(C#N)nc2c1NCCN2.N#Cc1nc2c(c(NC3CCCC3)n1)NCCN2. The highest BCUT2D eigenvalue weighted by Gasteiger charge is 2.21. The zero-order valence-electron chi connectivity index (χ0n) is 20.2. The summed E-state index contributed by atoms with van der Waals surface area (Å²) in [4.78, 5) is 16.8. The Labute approximate surface area is 205 Å². The highest BCUT2D eigenvalue weighted by atomic mass is 15.2. The summed E-state index contributed by atoms with van der Waals surface area (Å²) >= 11 is 0. The van der Waals surface area contributed by atoms with Crippen molar-refractivity contribution in [3.05, 3.63) is 11.6 Å². The molecule has 35 heavy (non-hydrogen) atoms. The first kappa shape index (κ1) is 24.1. The molecule has 3 aliphatic rings. The van der Waals surface area contributed by atoms with Crippen LogP contribution in [0.3, 0.4) is 0 Å². The summed E-state index contributed by atoms with van der Waals surface area (Å²) < 4.78 is 0. The summed E-state index contributed by atoms with van der Waals surface area (Å²) in [6, 6.07) is 4.46. The van der Waals surface area contributed by atoms with Gasteiger partial charge in [0.25, 0.3) is 0 Å². The van der Waals surface area contributed by atoms with Crippen molar-refractivity contribution in [3.8, 4) is 12.1 Å². The average molecular weight is 477 g/mol. The first-order valence-electron chi connectivity index (χ1n) is 12.2. The van der Waals surface area contributed by atoms with Crippen molar-refractivity contribution in [2.24, 2.45) is 5.92 Å². The van der Waals surface area contributed by atoms with Crippen molar-refractivity contribution in [1.29, 1.82) is 10.5 Å². The summed E-state index contributed by atoms with van der Waals surface area (Å²) in [5.74, 6) is 3.81. The molecular formula is C23H32N12. The average Bonchev–Trinajstić information content (AvgIpc) is 3.40. The van der Waals surface area contributed by atoms with E-state index in [1.54, 1.807) is 0 Å². The Morgan fingerprint density at radius 2 is 1.31 bits per heavy atom. The minimum absolute atomic E-state index is 0.186. The van der Waals surface area contributed by atoms with Crippen molar-refractivity contribution >= 4 is 34.6 Å². The van der Waals surface area contributed by atoms with E-state index in [1.165, 1.54) is 25.7 Å². The van der Waals surface area contributed by atoms with Gasteiger partial charge in [0.1, 0.15) is 23.5 Å². The lowest BCUT2D eigenvalue weighted by molar-refractivity contribution is 0.686. The second-order valence-corrected chi connectivity index (χ2v) is 9.07. The van der Waals surface area contributed by atoms with Crippen molar-refractivity contribution in [2.45, 2.75) is 45.6 Å². The smallest absolute Gasteiger partial charge is 0.236 e. The van der Waals surface area contributed by atoms with E-state index in [2.05, 4.69) is 65.7 Å². The molecule has 0 bridgehead atoms. The molecule has 0 radical (unpaired) electrons. The molecule has 1 aliphatic carbocycles. The van der Waals surface area contributed by atoms with Crippen molar-refractivity contribution in [3.63, 3.8) is 0 Å². The van der Waals surface area contributed by atoms with E-state index in [9.17, 15) is 0 Å². The Morgan fingerprint density at radius 3 is 1.86 bits per heavy atom. The Bertz CT molecular complexity index is 1110. The van der Waals surface area contributed by atoms with Crippen LogP contribution in [0.4, 0.5) is 34.6 Å². The quantitative estimate of drug-likeness (QED) is 0.373.